The van der Waals surface area contributed by atoms with Crippen LogP contribution in [0.1, 0.15) is 35.0 Å². The Kier molecular flexibility index (Phi) is 3.75. The van der Waals surface area contributed by atoms with E-state index in [1.54, 1.807) is 12.4 Å². The topological polar surface area (TPSA) is 106 Å². The molecule has 0 saturated carbocycles. The summed E-state index contributed by atoms with van der Waals surface area (Å²) in [5, 5.41) is 6.29. The first-order valence-electron chi connectivity index (χ1n) is 6.72. The van der Waals surface area contributed by atoms with E-state index in [-0.39, 0.29) is 16.9 Å². The van der Waals surface area contributed by atoms with E-state index < -0.39 is 16.0 Å². The highest BCUT2D eigenvalue weighted by molar-refractivity contribution is 7.89. The molecule has 2 aromatic rings. The summed E-state index contributed by atoms with van der Waals surface area (Å²) in [4.78, 5) is 11.4. The molecule has 3 heterocycles. The van der Waals surface area contributed by atoms with Crippen LogP contribution in [0.25, 0.3) is 0 Å². The number of sulfonamides is 1. The Morgan fingerprint density at radius 1 is 1.50 bits per heavy atom. The van der Waals surface area contributed by atoms with E-state index in [1.165, 1.54) is 23.5 Å². The van der Waals surface area contributed by atoms with E-state index in [0.717, 1.165) is 12.0 Å². The maximum Gasteiger partial charge on any atom is 0.374 e. The van der Waals surface area contributed by atoms with Crippen LogP contribution in [0.3, 0.4) is 0 Å². The van der Waals surface area contributed by atoms with Gasteiger partial charge in [-0.2, -0.15) is 9.40 Å². The minimum Gasteiger partial charge on any atom is -0.463 e. The first kappa shape index (κ1) is 14.8. The molecule has 1 saturated heterocycles. The number of hydrogen-bond donors (Lipinski definition) is 1. The van der Waals surface area contributed by atoms with Gasteiger partial charge in [-0.3, -0.25) is 5.10 Å². The van der Waals surface area contributed by atoms with Gasteiger partial charge >= 0.3 is 5.97 Å². The van der Waals surface area contributed by atoms with Crippen LogP contribution < -0.4 is 0 Å². The van der Waals surface area contributed by atoms with Crippen molar-refractivity contribution in [2.24, 2.45) is 0 Å². The smallest absolute Gasteiger partial charge is 0.374 e. The van der Waals surface area contributed by atoms with Crippen molar-refractivity contribution in [3.8, 4) is 0 Å². The van der Waals surface area contributed by atoms with Crippen LogP contribution in [-0.2, 0) is 14.8 Å². The molecule has 0 amide bonds. The summed E-state index contributed by atoms with van der Waals surface area (Å²) in [5.74, 6) is -0.852. The van der Waals surface area contributed by atoms with Gasteiger partial charge in [0.2, 0.25) is 10.9 Å². The molecule has 118 valence electrons. The molecule has 1 unspecified atom stereocenters. The molecule has 1 aliphatic rings. The highest BCUT2D eigenvalue weighted by Gasteiger charge is 2.38. The Bertz CT molecular complexity index is 765. The molecule has 8 nitrogen and oxygen atoms in total. The highest BCUT2D eigenvalue weighted by Crippen LogP contribution is 2.36. The van der Waals surface area contributed by atoms with Gasteiger partial charge in [0.1, 0.15) is 0 Å². The van der Waals surface area contributed by atoms with Crippen molar-refractivity contribution < 1.29 is 22.4 Å². The van der Waals surface area contributed by atoms with Crippen molar-refractivity contribution in [2.75, 3.05) is 13.7 Å². The molecule has 1 aliphatic heterocycles. The van der Waals surface area contributed by atoms with E-state index in [9.17, 15) is 13.2 Å². The van der Waals surface area contributed by atoms with Crippen molar-refractivity contribution in [3.63, 3.8) is 0 Å². The number of aromatic amines is 1. The molecular formula is C13H15N3O5S. The molecule has 1 N–H and O–H groups in total. The summed E-state index contributed by atoms with van der Waals surface area (Å²) in [6.45, 7) is 0.395. The Morgan fingerprint density at radius 2 is 2.32 bits per heavy atom. The second-order valence-corrected chi connectivity index (χ2v) is 6.74. The Labute approximate surface area is 127 Å². The second-order valence-electron chi connectivity index (χ2n) is 4.92. The minimum atomic E-state index is -3.82. The number of nitrogens with zero attached hydrogens (tertiary/aromatic N) is 2. The molecular weight excluding hydrogens is 310 g/mol. The third kappa shape index (κ3) is 2.42. The number of rotatable bonds is 4. The van der Waals surface area contributed by atoms with E-state index in [4.69, 9.17) is 4.42 Å². The number of hydrogen-bond acceptors (Lipinski definition) is 6. The zero-order chi connectivity index (χ0) is 15.7. The van der Waals surface area contributed by atoms with Crippen LogP contribution in [0.4, 0.5) is 0 Å². The van der Waals surface area contributed by atoms with Gasteiger partial charge in [0, 0.05) is 18.3 Å². The van der Waals surface area contributed by atoms with Crippen molar-refractivity contribution >= 4 is 16.0 Å². The van der Waals surface area contributed by atoms with Crippen LogP contribution in [0.2, 0.25) is 0 Å². The normalized spacial score (nSPS) is 19.4. The zero-order valence-corrected chi connectivity index (χ0v) is 12.7. The van der Waals surface area contributed by atoms with E-state index in [0.29, 0.717) is 13.0 Å². The number of esters is 1. The Balaban J connectivity index is 1.92. The second kappa shape index (κ2) is 5.58. The number of H-pyrrole nitrogens is 1. The monoisotopic (exact) mass is 325 g/mol. The number of ether oxygens (including phenoxy) is 1. The van der Waals surface area contributed by atoms with Crippen LogP contribution in [0, 0.1) is 0 Å². The number of furan rings is 1. The third-order valence-corrected chi connectivity index (χ3v) is 5.42. The number of carbonyl (C=O) groups is 1. The average molecular weight is 325 g/mol. The molecule has 0 radical (unpaired) electrons. The summed E-state index contributed by atoms with van der Waals surface area (Å²) in [6.07, 6.45) is 4.75. The fourth-order valence-electron chi connectivity index (χ4n) is 2.59. The molecule has 2 aromatic heterocycles. The van der Waals surface area contributed by atoms with Gasteiger partial charge in [-0.25, -0.2) is 13.2 Å². The SMILES string of the molecule is COC(=O)c1ccc(S(=O)(=O)N2CCCC2c2cn[nH]c2)o1. The standard InChI is InChI=1S/C13H15N3O5S/c1-20-13(17)11-4-5-12(21-11)22(18,19)16-6-2-3-10(16)9-7-14-15-8-9/h4-5,7-8,10H,2-3,6H2,1H3,(H,14,15). The third-order valence-electron chi connectivity index (χ3n) is 3.64. The first-order valence-corrected chi connectivity index (χ1v) is 8.16. The molecule has 22 heavy (non-hydrogen) atoms. The van der Waals surface area contributed by atoms with Gasteiger partial charge in [0.25, 0.3) is 10.0 Å². The maximum absolute atomic E-state index is 12.7. The quantitative estimate of drug-likeness (QED) is 0.850. The largest absolute Gasteiger partial charge is 0.463 e. The summed E-state index contributed by atoms with van der Waals surface area (Å²) in [7, 11) is -2.61. The predicted octanol–water partition coefficient (Wildman–Crippen LogP) is 1.32. The molecule has 0 aromatic carbocycles. The lowest BCUT2D eigenvalue weighted by atomic mass is 10.1. The molecule has 1 fully saturated rings. The van der Waals surface area contributed by atoms with E-state index in [2.05, 4.69) is 14.9 Å². The summed E-state index contributed by atoms with van der Waals surface area (Å²) >= 11 is 0. The molecule has 0 spiro atoms. The summed E-state index contributed by atoms with van der Waals surface area (Å²) in [5.41, 5.74) is 0.806. The molecule has 1 atom stereocenters. The Hall–Kier alpha value is -2.13. The van der Waals surface area contributed by atoms with Crippen molar-refractivity contribution in [3.05, 3.63) is 35.9 Å². The van der Waals surface area contributed by atoms with Crippen LogP contribution in [-0.4, -0.2) is 42.5 Å². The molecule has 0 bridgehead atoms. The minimum absolute atomic E-state index is 0.139. The molecule has 9 heteroatoms. The van der Waals surface area contributed by atoms with Crippen LogP contribution in [0.5, 0.6) is 0 Å². The first-order chi connectivity index (χ1) is 10.5. The van der Waals surface area contributed by atoms with E-state index in [1.807, 2.05) is 0 Å². The van der Waals surface area contributed by atoms with Crippen molar-refractivity contribution in [2.45, 2.75) is 24.0 Å². The lowest BCUT2D eigenvalue weighted by Gasteiger charge is -2.21. The van der Waals surface area contributed by atoms with Crippen LogP contribution >= 0.6 is 0 Å². The van der Waals surface area contributed by atoms with Crippen LogP contribution in [0.15, 0.2) is 34.0 Å². The fraction of sp³-hybridized carbons (Fsp3) is 0.385. The Morgan fingerprint density at radius 3 is 3.00 bits per heavy atom. The van der Waals surface area contributed by atoms with Crippen molar-refractivity contribution in [1.29, 1.82) is 0 Å². The lowest BCUT2D eigenvalue weighted by Crippen LogP contribution is -2.30. The highest BCUT2D eigenvalue weighted by atomic mass is 32.2. The number of methoxy groups -OCH3 is 1. The fourth-order valence-corrected chi connectivity index (χ4v) is 4.19. The summed E-state index contributed by atoms with van der Waals surface area (Å²) < 4.78 is 36.5. The van der Waals surface area contributed by atoms with E-state index >= 15 is 0 Å². The number of nitrogens with one attached hydrogen (secondary N) is 1. The van der Waals surface area contributed by atoms with Gasteiger partial charge in [0.15, 0.2) is 0 Å². The zero-order valence-electron chi connectivity index (χ0n) is 11.9. The number of carbonyl (C=O) groups excluding carboxylic acids is 1. The van der Waals surface area contributed by atoms with Gasteiger partial charge in [0.05, 0.1) is 19.3 Å². The molecule has 0 aliphatic carbocycles. The predicted molar refractivity (Wildman–Crippen MR) is 74.5 cm³/mol. The van der Waals surface area contributed by atoms with Gasteiger partial charge in [-0.1, -0.05) is 0 Å². The van der Waals surface area contributed by atoms with Gasteiger partial charge < -0.3 is 9.15 Å². The average Bonchev–Trinajstić information content (AvgIpc) is 3.25. The number of aromatic nitrogens is 2. The maximum atomic E-state index is 12.7. The van der Waals surface area contributed by atoms with Gasteiger partial charge in [-0.15, -0.1) is 0 Å². The van der Waals surface area contributed by atoms with Crippen molar-refractivity contribution in [1.82, 2.24) is 14.5 Å². The lowest BCUT2D eigenvalue weighted by molar-refractivity contribution is 0.0558. The van der Waals surface area contributed by atoms with Gasteiger partial charge in [-0.05, 0) is 25.0 Å². The summed E-state index contributed by atoms with van der Waals surface area (Å²) in [6, 6.07) is 2.28. The molecule has 3 rings (SSSR count).